The Morgan fingerprint density at radius 2 is 1.82 bits per heavy atom. The van der Waals surface area contributed by atoms with Gasteiger partial charge in [0.1, 0.15) is 0 Å². The summed E-state index contributed by atoms with van der Waals surface area (Å²) in [4.78, 5) is 2.43. The van der Waals surface area contributed by atoms with E-state index in [1.165, 1.54) is 38.8 Å². The predicted octanol–water partition coefficient (Wildman–Crippen LogP) is 1.79. The second-order valence-corrected chi connectivity index (χ2v) is 5.13. The minimum atomic E-state index is 0.700. The van der Waals surface area contributed by atoms with Gasteiger partial charge in [-0.3, -0.25) is 0 Å². The van der Waals surface area contributed by atoms with Gasteiger partial charge in [0.05, 0.1) is 0 Å². The summed E-state index contributed by atoms with van der Waals surface area (Å²) in [5.41, 5.74) is 0.730. The van der Waals surface area contributed by atoms with E-state index in [1.807, 2.05) is 0 Å². The quantitative estimate of drug-likeness (QED) is 0.544. The van der Waals surface area contributed by atoms with Gasteiger partial charge in [-0.05, 0) is 38.1 Å². The van der Waals surface area contributed by atoms with Gasteiger partial charge in [0.2, 0.25) is 0 Å². The zero-order valence-electron chi connectivity index (χ0n) is 7.21. The summed E-state index contributed by atoms with van der Waals surface area (Å²) < 4.78 is 0. The molecule has 0 radical (unpaired) electrons. The molecule has 0 atom stereocenters. The second kappa shape index (κ2) is 2.67. The molecule has 0 bridgehead atoms. The van der Waals surface area contributed by atoms with Crippen LogP contribution >= 0.6 is 12.6 Å². The van der Waals surface area contributed by atoms with E-state index in [9.17, 15) is 0 Å². The van der Waals surface area contributed by atoms with E-state index in [0.717, 1.165) is 5.41 Å². The van der Waals surface area contributed by atoms with Crippen molar-refractivity contribution in [2.45, 2.75) is 30.9 Å². The van der Waals surface area contributed by atoms with Crippen molar-refractivity contribution in [3.8, 4) is 0 Å². The molecule has 1 aliphatic heterocycles. The van der Waals surface area contributed by atoms with Crippen LogP contribution in [0.25, 0.3) is 0 Å². The normalized spacial score (nSPS) is 32.2. The third kappa shape index (κ3) is 1.43. The third-order valence-corrected chi connectivity index (χ3v) is 3.74. The molecule has 1 saturated carbocycles. The molecule has 11 heavy (non-hydrogen) atoms. The van der Waals surface area contributed by atoms with E-state index in [0.29, 0.717) is 5.25 Å². The van der Waals surface area contributed by atoms with Gasteiger partial charge in [0.25, 0.3) is 0 Å². The van der Waals surface area contributed by atoms with Crippen molar-refractivity contribution in [3.05, 3.63) is 0 Å². The maximum absolute atomic E-state index is 4.51. The Bertz CT molecular complexity index is 142. The second-order valence-electron chi connectivity index (χ2n) is 4.40. The fourth-order valence-corrected chi connectivity index (χ4v) is 2.89. The zero-order valence-corrected chi connectivity index (χ0v) is 8.11. The fraction of sp³-hybridized carbons (Fsp3) is 1.00. The van der Waals surface area contributed by atoms with Gasteiger partial charge in [0, 0.05) is 18.3 Å². The molecule has 1 spiro atoms. The molecular formula is C9H17NS. The summed E-state index contributed by atoms with van der Waals surface area (Å²) in [6, 6.07) is 0. The molecule has 2 aliphatic rings. The van der Waals surface area contributed by atoms with Crippen LogP contribution in [0.4, 0.5) is 0 Å². The summed E-state index contributed by atoms with van der Waals surface area (Å²) in [5, 5.41) is 0.700. The van der Waals surface area contributed by atoms with Gasteiger partial charge < -0.3 is 4.90 Å². The van der Waals surface area contributed by atoms with Gasteiger partial charge in [-0.15, -0.1) is 0 Å². The lowest BCUT2D eigenvalue weighted by molar-refractivity contribution is -0.00802. The molecule has 0 aromatic carbocycles. The van der Waals surface area contributed by atoms with Crippen molar-refractivity contribution in [2.75, 3.05) is 20.1 Å². The highest BCUT2D eigenvalue weighted by Crippen LogP contribution is 2.43. The van der Waals surface area contributed by atoms with E-state index in [-0.39, 0.29) is 0 Å². The first kappa shape index (κ1) is 7.93. The molecule has 1 saturated heterocycles. The molecule has 0 amide bonds. The van der Waals surface area contributed by atoms with Crippen molar-refractivity contribution >= 4 is 12.6 Å². The maximum atomic E-state index is 4.51. The molecule has 1 heterocycles. The monoisotopic (exact) mass is 171 g/mol. The van der Waals surface area contributed by atoms with Gasteiger partial charge in [-0.1, -0.05) is 0 Å². The van der Waals surface area contributed by atoms with E-state index in [4.69, 9.17) is 0 Å². The number of likely N-dealkylation sites (tertiary alicyclic amines) is 1. The van der Waals surface area contributed by atoms with Crippen LogP contribution in [0.2, 0.25) is 0 Å². The zero-order chi connectivity index (χ0) is 7.90. The Labute approximate surface area is 74.6 Å². The summed E-state index contributed by atoms with van der Waals surface area (Å²) in [6.07, 6.45) is 5.53. The summed E-state index contributed by atoms with van der Waals surface area (Å²) in [7, 11) is 2.22. The molecule has 0 aromatic rings. The van der Waals surface area contributed by atoms with E-state index in [1.54, 1.807) is 0 Å². The minimum Gasteiger partial charge on any atom is -0.305 e. The smallest absolute Gasteiger partial charge is 0.00474 e. The summed E-state index contributed by atoms with van der Waals surface area (Å²) >= 11 is 4.51. The molecule has 2 heteroatoms. The maximum Gasteiger partial charge on any atom is 0.00474 e. The SMILES string of the molecule is CN1CC2(CCC(S)CC2)C1. The fourth-order valence-electron chi connectivity index (χ4n) is 2.63. The van der Waals surface area contributed by atoms with E-state index < -0.39 is 0 Å². The molecule has 0 N–H and O–H groups in total. The average Bonchev–Trinajstić information content (AvgIpc) is 1.92. The van der Waals surface area contributed by atoms with Crippen molar-refractivity contribution in [1.29, 1.82) is 0 Å². The topological polar surface area (TPSA) is 3.24 Å². The van der Waals surface area contributed by atoms with Crippen LogP contribution in [0.3, 0.4) is 0 Å². The van der Waals surface area contributed by atoms with Crippen LogP contribution in [-0.4, -0.2) is 30.3 Å². The first-order valence-electron chi connectivity index (χ1n) is 4.57. The lowest BCUT2D eigenvalue weighted by Gasteiger charge is -2.52. The minimum absolute atomic E-state index is 0.700. The van der Waals surface area contributed by atoms with Gasteiger partial charge in [-0.2, -0.15) is 12.6 Å². The molecule has 1 nitrogen and oxygen atoms in total. The lowest BCUT2D eigenvalue weighted by atomic mass is 9.69. The van der Waals surface area contributed by atoms with Crippen LogP contribution in [0.15, 0.2) is 0 Å². The Balaban J connectivity index is 1.88. The van der Waals surface area contributed by atoms with Crippen molar-refractivity contribution in [3.63, 3.8) is 0 Å². The van der Waals surface area contributed by atoms with Gasteiger partial charge >= 0.3 is 0 Å². The third-order valence-electron chi connectivity index (χ3n) is 3.23. The number of hydrogen-bond acceptors (Lipinski definition) is 2. The van der Waals surface area contributed by atoms with Gasteiger partial charge in [0.15, 0.2) is 0 Å². The largest absolute Gasteiger partial charge is 0.305 e. The van der Waals surface area contributed by atoms with Crippen molar-refractivity contribution < 1.29 is 0 Å². The number of nitrogens with zero attached hydrogens (tertiary/aromatic N) is 1. The molecule has 0 aromatic heterocycles. The van der Waals surface area contributed by atoms with Crippen LogP contribution in [0, 0.1) is 5.41 Å². The highest BCUT2D eigenvalue weighted by Gasteiger charge is 2.42. The number of rotatable bonds is 0. The van der Waals surface area contributed by atoms with Crippen LogP contribution in [-0.2, 0) is 0 Å². The van der Waals surface area contributed by atoms with Gasteiger partial charge in [-0.25, -0.2) is 0 Å². The van der Waals surface area contributed by atoms with Crippen LogP contribution in [0.5, 0.6) is 0 Å². The van der Waals surface area contributed by atoms with E-state index in [2.05, 4.69) is 24.6 Å². The van der Waals surface area contributed by atoms with Crippen LogP contribution in [0.1, 0.15) is 25.7 Å². The number of hydrogen-bond donors (Lipinski definition) is 1. The van der Waals surface area contributed by atoms with Crippen molar-refractivity contribution in [1.82, 2.24) is 4.90 Å². The predicted molar refractivity (Wildman–Crippen MR) is 51.2 cm³/mol. The van der Waals surface area contributed by atoms with E-state index >= 15 is 0 Å². The number of thiol groups is 1. The van der Waals surface area contributed by atoms with Crippen molar-refractivity contribution in [2.24, 2.45) is 5.41 Å². The Hall–Kier alpha value is 0.310. The molecule has 0 unspecified atom stereocenters. The Kier molecular flexibility index (Phi) is 1.92. The highest BCUT2D eigenvalue weighted by atomic mass is 32.1. The molecule has 2 rings (SSSR count). The van der Waals surface area contributed by atoms with Crippen LogP contribution < -0.4 is 0 Å². The average molecular weight is 171 g/mol. The molecule has 1 aliphatic carbocycles. The first-order valence-corrected chi connectivity index (χ1v) is 5.08. The molecule has 2 fully saturated rings. The molecular weight excluding hydrogens is 154 g/mol. The molecule has 64 valence electrons. The summed E-state index contributed by atoms with van der Waals surface area (Å²) in [6.45, 7) is 2.68. The summed E-state index contributed by atoms with van der Waals surface area (Å²) in [5.74, 6) is 0. The standard InChI is InChI=1S/C9H17NS/c1-10-6-9(7-10)4-2-8(11)3-5-9/h8,11H,2-7H2,1H3. The highest BCUT2D eigenvalue weighted by molar-refractivity contribution is 7.80. The lowest BCUT2D eigenvalue weighted by Crippen LogP contribution is -2.55. The first-order chi connectivity index (χ1) is 5.20. The Morgan fingerprint density at radius 1 is 1.27 bits per heavy atom. The Morgan fingerprint density at radius 3 is 2.27 bits per heavy atom.